The van der Waals surface area contributed by atoms with Crippen LogP contribution < -0.4 is 10.6 Å². The number of rotatable bonds is 6. The zero-order valence-electron chi connectivity index (χ0n) is 10.8. The summed E-state index contributed by atoms with van der Waals surface area (Å²) < 4.78 is 6.06. The van der Waals surface area contributed by atoms with Gasteiger partial charge in [0.25, 0.3) is 0 Å². The summed E-state index contributed by atoms with van der Waals surface area (Å²) in [6.45, 7) is 3.72. The van der Waals surface area contributed by atoms with Crippen molar-refractivity contribution in [3.8, 4) is 0 Å². The van der Waals surface area contributed by atoms with E-state index in [9.17, 15) is 0 Å². The molecule has 2 N–H and O–H groups in total. The molecule has 1 aromatic rings. The maximum absolute atomic E-state index is 5.68. The molecule has 0 aromatic carbocycles. The van der Waals surface area contributed by atoms with Crippen LogP contribution in [0, 0.1) is 5.92 Å². The van der Waals surface area contributed by atoms with E-state index >= 15 is 0 Å². The van der Waals surface area contributed by atoms with E-state index < -0.39 is 0 Å². The number of nitrogens with zero attached hydrogens (tertiary/aromatic N) is 3. The van der Waals surface area contributed by atoms with Crippen LogP contribution in [-0.4, -0.2) is 36.3 Å². The zero-order valence-corrected chi connectivity index (χ0v) is 12.4. The number of ether oxygens (including phenoxy) is 1. The molecule has 18 heavy (non-hydrogen) atoms. The lowest BCUT2D eigenvalue weighted by Crippen LogP contribution is -2.38. The number of hydrogen-bond donors (Lipinski definition) is 1. The van der Waals surface area contributed by atoms with Crippen LogP contribution in [0.1, 0.15) is 19.8 Å². The van der Waals surface area contributed by atoms with Gasteiger partial charge in [-0.15, -0.1) is 0 Å². The van der Waals surface area contributed by atoms with Crippen LogP contribution in [0.4, 0.5) is 11.8 Å². The number of halogens is 1. The van der Waals surface area contributed by atoms with Crippen molar-refractivity contribution < 1.29 is 4.74 Å². The number of anilines is 2. The van der Waals surface area contributed by atoms with E-state index in [0.29, 0.717) is 18.6 Å². The molecule has 1 aromatic heterocycles. The Morgan fingerprint density at radius 1 is 1.61 bits per heavy atom. The lowest BCUT2D eigenvalue weighted by Gasteiger charge is -2.31. The quantitative estimate of drug-likeness (QED) is 0.871. The summed E-state index contributed by atoms with van der Waals surface area (Å²) in [5.41, 5.74) is 5.68. The Kier molecular flexibility index (Phi) is 4.40. The molecule has 5 nitrogen and oxygen atoms in total. The van der Waals surface area contributed by atoms with Gasteiger partial charge in [-0.2, -0.15) is 4.98 Å². The smallest absolute Gasteiger partial charge is 0.222 e. The van der Waals surface area contributed by atoms with E-state index in [0.717, 1.165) is 22.8 Å². The Morgan fingerprint density at radius 2 is 2.33 bits per heavy atom. The fourth-order valence-corrected chi connectivity index (χ4v) is 2.52. The van der Waals surface area contributed by atoms with Crippen molar-refractivity contribution in [2.24, 2.45) is 5.92 Å². The van der Waals surface area contributed by atoms with Gasteiger partial charge >= 0.3 is 0 Å². The minimum Gasteiger partial charge on any atom is -0.383 e. The molecular weight excluding hydrogens is 296 g/mol. The summed E-state index contributed by atoms with van der Waals surface area (Å²) in [6.07, 6.45) is 4.29. The molecule has 1 unspecified atom stereocenters. The van der Waals surface area contributed by atoms with Crippen LogP contribution in [0.15, 0.2) is 10.7 Å². The van der Waals surface area contributed by atoms with Gasteiger partial charge in [-0.25, -0.2) is 4.98 Å². The van der Waals surface area contributed by atoms with E-state index in [1.165, 1.54) is 12.8 Å². The number of nitrogens with two attached hydrogens (primary N) is 1. The Bertz CT molecular complexity index is 411. The third-order valence-corrected chi connectivity index (χ3v) is 3.91. The summed E-state index contributed by atoms with van der Waals surface area (Å²) >= 11 is 3.50. The normalized spacial score (nSPS) is 16.6. The van der Waals surface area contributed by atoms with Crippen LogP contribution in [0.5, 0.6) is 0 Å². The lowest BCUT2D eigenvalue weighted by molar-refractivity contribution is 0.202. The van der Waals surface area contributed by atoms with Gasteiger partial charge in [0.15, 0.2) is 0 Å². The highest BCUT2D eigenvalue weighted by atomic mass is 79.9. The predicted octanol–water partition coefficient (Wildman–Crippen LogP) is 2.07. The molecular formula is C12H19BrN4O. The molecule has 0 radical (unpaired) electrons. The number of hydrogen-bond acceptors (Lipinski definition) is 5. The van der Waals surface area contributed by atoms with Crippen LogP contribution >= 0.6 is 15.9 Å². The lowest BCUT2D eigenvalue weighted by atomic mass is 10.2. The Hall–Kier alpha value is -0.880. The summed E-state index contributed by atoms with van der Waals surface area (Å²) in [5, 5.41) is 0. The highest BCUT2D eigenvalue weighted by Crippen LogP contribution is 2.37. The van der Waals surface area contributed by atoms with Crippen LogP contribution in [0.3, 0.4) is 0 Å². The summed E-state index contributed by atoms with van der Waals surface area (Å²) in [5.74, 6) is 1.92. The maximum atomic E-state index is 5.68. The second kappa shape index (κ2) is 5.84. The van der Waals surface area contributed by atoms with Crippen molar-refractivity contribution >= 4 is 27.7 Å². The summed E-state index contributed by atoms with van der Waals surface area (Å²) in [4.78, 5) is 10.6. The Morgan fingerprint density at radius 3 is 2.94 bits per heavy atom. The molecule has 1 heterocycles. The first-order chi connectivity index (χ1) is 8.63. The molecule has 100 valence electrons. The van der Waals surface area contributed by atoms with Crippen LogP contribution in [-0.2, 0) is 4.74 Å². The first-order valence-electron chi connectivity index (χ1n) is 6.17. The fourth-order valence-electron chi connectivity index (χ4n) is 2.10. The van der Waals surface area contributed by atoms with E-state index in [1.54, 1.807) is 13.3 Å². The number of nitrogen functional groups attached to an aromatic ring is 1. The van der Waals surface area contributed by atoms with Crippen molar-refractivity contribution in [1.82, 2.24) is 9.97 Å². The third-order valence-electron chi connectivity index (χ3n) is 3.35. The van der Waals surface area contributed by atoms with E-state index in [2.05, 4.69) is 37.7 Å². The topological polar surface area (TPSA) is 64.3 Å². The van der Waals surface area contributed by atoms with Gasteiger partial charge < -0.3 is 15.4 Å². The second-order valence-corrected chi connectivity index (χ2v) is 5.52. The molecule has 1 atom stereocenters. The minimum atomic E-state index is 0.304. The van der Waals surface area contributed by atoms with Gasteiger partial charge in [0.1, 0.15) is 5.82 Å². The standard InChI is InChI=1S/C12H19BrN4O/c1-8(9-3-4-9)17(5-6-18-2)11-10(13)7-15-12(14)16-11/h7-9H,3-6H2,1-2H3,(H2,14,15,16). The van der Waals surface area contributed by atoms with E-state index in [4.69, 9.17) is 10.5 Å². The number of methoxy groups -OCH3 is 1. The molecule has 6 heteroatoms. The molecule has 2 rings (SSSR count). The van der Waals surface area contributed by atoms with Gasteiger partial charge in [-0.1, -0.05) is 0 Å². The Balaban J connectivity index is 2.22. The first kappa shape index (κ1) is 13.5. The highest BCUT2D eigenvalue weighted by molar-refractivity contribution is 9.10. The zero-order chi connectivity index (χ0) is 13.1. The van der Waals surface area contributed by atoms with Crippen molar-refractivity contribution in [2.45, 2.75) is 25.8 Å². The molecule has 0 spiro atoms. The van der Waals surface area contributed by atoms with Gasteiger partial charge in [0, 0.05) is 25.9 Å². The van der Waals surface area contributed by atoms with Crippen molar-refractivity contribution in [2.75, 3.05) is 30.9 Å². The van der Waals surface area contributed by atoms with Crippen molar-refractivity contribution in [3.63, 3.8) is 0 Å². The average Bonchev–Trinajstić information content (AvgIpc) is 3.17. The average molecular weight is 315 g/mol. The highest BCUT2D eigenvalue weighted by Gasteiger charge is 2.33. The van der Waals surface area contributed by atoms with Gasteiger partial charge in [0.2, 0.25) is 5.95 Å². The maximum Gasteiger partial charge on any atom is 0.222 e. The van der Waals surface area contributed by atoms with Gasteiger partial charge in [-0.3, -0.25) is 0 Å². The SMILES string of the molecule is COCCN(c1nc(N)ncc1Br)C(C)C1CC1. The van der Waals surface area contributed by atoms with Crippen molar-refractivity contribution in [3.05, 3.63) is 10.7 Å². The number of aromatic nitrogens is 2. The molecule has 0 bridgehead atoms. The molecule has 1 fully saturated rings. The molecule has 1 saturated carbocycles. The van der Waals surface area contributed by atoms with Crippen molar-refractivity contribution in [1.29, 1.82) is 0 Å². The Labute approximate surface area is 116 Å². The molecule has 1 aliphatic rings. The minimum absolute atomic E-state index is 0.304. The van der Waals surface area contributed by atoms with E-state index in [1.807, 2.05) is 0 Å². The van der Waals surface area contributed by atoms with Crippen LogP contribution in [0.2, 0.25) is 0 Å². The summed E-state index contributed by atoms with van der Waals surface area (Å²) in [6, 6.07) is 0.450. The third kappa shape index (κ3) is 3.11. The molecule has 0 amide bonds. The largest absolute Gasteiger partial charge is 0.383 e. The molecule has 0 aliphatic heterocycles. The second-order valence-electron chi connectivity index (χ2n) is 4.66. The summed E-state index contributed by atoms with van der Waals surface area (Å²) in [7, 11) is 1.71. The van der Waals surface area contributed by atoms with E-state index in [-0.39, 0.29) is 0 Å². The monoisotopic (exact) mass is 314 g/mol. The molecule has 0 saturated heterocycles. The predicted molar refractivity (Wildman–Crippen MR) is 75.6 cm³/mol. The van der Waals surface area contributed by atoms with Gasteiger partial charge in [0.05, 0.1) is 11.1 Å². The molecule has 1 aliphatic carbocycles. The fraction of sp³-hybridized carbons (Fsp3) is 0.667. The first-order valence-corrected chi connectivity index (χ1v) is 6.96. The van der Waals surface area contributed by atoms with Gasteiger partial charge in [-0.05, 0) is 41.6 Å². The van der Waals surface area contributed by atoms with Crippen LogP contribution in [0.25, 0.3) is 0 Å².